The van der Waals surface area contributed by atoms with Gasteiger partial charge < -0.3 is 11.1 Å². The van der Waals surface area contributed by atoms with Crippen molar-refractivity contribution in [2.75, 3.05) is 5.32 Å². The number of amides is 2. The van der Waals surface area contributed by atoms with E-state index in [0.717, 1.165) is 6.07 Å². The molecule has 1 aromatic rings. The monoisotopic (exact) mass is 209 g/mol. The molecule has 0 fully saturated rings. The number of carbonyl (C=O) groups is 2. The van der Waals surface area contributed by atoms with Crippen molar-refractivity contribution in [3.63, 3.8) is 0 Å². The number of nitrogens with two attached hydrogens (primary N) is 1. The minimum Gasteiger partial charge on any atom is -0.365 e. The van der Waals surface area contributed by atoms with E-state index in [1.807, 2.05) is 0 Å². The van der Waals surface area contributed by atoms with Gasteiger partial charge in [0.15, 0.2) is 0 Å². The Balaban J connectivity index is 3.40. The predicted molar refractivity (Wildman–Crippen MR) is 51.3 cm³/mol. The normalized spacial score (nSPS) is 9.33. The van der Waals surface area contributed by atoms with Gasteiger partial charge in [0.25, 0.3) is 11.6 Å². The molecule has 0 aliphatic rings. The fraction of sp³-hybridized carbons (Fsp3) is 0. The van der Waals surface area contributed by atoms with Crippen molar-refractivity contribution in [2.24, 2.45) is 5.73 Å². The summed E-state index contributed by atoms with van der Waals surface area (Å²) in [6, 6.07) is 3.83. The first-order chi connectivity index (χ1) is 7.07. The van der Waals surface area contributed by atoms with Gasteiger partial charge in [-0.1, -0.05) is 6.07 Å². The number of nitrogens with zero attached hydrogens (tertiary/aromatic N) is 1. The maximum Gasteiger partial charge on any atom is 0.284 e. The van der Waals surface area contributed by atoms with Gasteiger partial charge in [-0.15, -0.1) is 0 Å². The minimum atomic E-state index is -0.966. The molecule has 3 N–H and O–H groups in total. The third-order valence-corrected chi connectivity index (χ3v) is 1.70. The van der Waals surface area contributed by atoms with Gasteiger partial charge in [-0.2, -0.15) is 0 Å². The van der Waals surface area contributed by atoms with Crippen LogP contribution >= 0.6 is 0 Å². The Morgan fingerprint density at radius 3 is 2.67 bits per heavy atom. The van der Waals surface area contributed by atoms with Crippen LogP contribution in [0.4, 0.5) is 11.4 Å². The largest absolute Gasteiger partial charge is 0.365 e. The zero-order valence-corrected chi connectivity index (χ0v) is 7.47. The molecule has 0 bridgehead atoms. The van der Waals surface area contributed by atoms with Crippen molar-refractivity contribution in [1.82, 2.24) is 0 Å². The van der Waals surface area contributed by atoms with E-state index in [4.69, 9.17) is 5.73 Å². The summed E-state index contributed by atoms with van der Waals surface area (Å²) in [4.78, 5) is 31.0. The highest BCUT2D eigenvalue weighted by atomic mass is 16.6. The SMILES string of the molecule is NC(=O)c1c(NC=O)cccc1[N+](=O)[O-]. The molecule has 7 nitrogen and oxygen atoms in total. The molecule has 0 aliphatic carbocycles. The lowest BCUT2D eigenvalue weighted by Crippen LogP contribution is -2.16. The Bertz CT molecular complexity index is 430. The first-order valence-electron chi connectivity index (χ1n) is 3.85. The van der Waals surface area contributed by atoms with Gasteiger partial charge in [0, 0.05) is 6.07 Å². The molecule has 2 amide bonds. The molecule has 1 aromatic carbocycles. The number of nitro benzene ring substituents is 1. The molecule has 0 radical (unpaired) electrons. The van der Waals surface area contributed by atoms with Crippen molar-refractivity contribution in [2.45, 2.75) is 0 Å². The maximum absolute atomic E-state index is 11.0. The number of benzene rings is 1. The highest BCUT2D eigenvalue weighted by Crippen LogP contribution is 2.25. The molecule has 0 aliphatic heterocycles. The highest BCUT2D eigenvalue weighted by molar-refractivity contribution is 6.04. The molecular weight excluding hydrogens is 202 g/mol. The zero-order chi connectivity index (χ0) is 11.4. The number of nitrogens with one attached hydrogen (secondary N) is 1. The van der Waals surface area contributed by atoms with Crippen LogP contribution in [-0.2, 0) is 4.79 Å². The lowest BCUT2D eigenvalue weighted by Gasteiger charge is -2.04. The van der Waals surface area contributed by atoms with Gasteiger partial charge in [0.1, 0.15) is 5.56 Å². The second-order valence-electron chi connectivity index (χ2n) is 2.58. The van der Waals surface area contributed by atoms with E-state index in [0.29, 0.717) is 6.41 Å². The lowest BCUT2D eigenvalue weighted by molar-refractivity contribution is -0.385. The van der Waals surface area contributed by atoms with Crippen LogP contribution in [0, 0.1) is 10.1 Å². The summed E-state index contributed by atoms with van der Waals surface area (Å²) in [6.07, 6.45) is 0.311. The number of nitro groups is 1. The predicted octanol–water partition coefficient (Wildman–Crippen LogP) is 0.262. The quantitative estimate of drug-likeness (QED) is 0.420. The molecule has 7 heteroatoms. The van der Waals surface area contributed by atoms with Crippen molar-refractivity contribution < 1.29 is 14.5 Å². The zero-order valence-electron chi connectivity index (χ0n) is 7.47. The second-order valence-corrected chi connectivity index (χ2v) is 2.58. The summed E-state index contributed by atoms with van der Waals surface area (Å²) >= 11 is 0. The topological polar surface area (TPSA) is 115 Å². The van der Waals surface area contributed by atoms with E-state index in [9.17, 15) is 19.7 Å². The van der Waals surface area contributed by atoms with Crippen LogP contribution in [0.3, 0.4) is 0 Å². The highest BCUT2D eigenvalue weighted by Gasteiger charge is 2.21. The molecule has 0 atom stereocenters. The van der Waals surface area contributed by atoms with Gasteiger partial charge in [-0.05, 0) is 6.07 Å². The number of anilines is 1. The summed E-state index contributed by atoms with van der Waals surface area (Å²) in [5, 5.41) is 12.7. The van der Waals surface area contributed by atoms with E-state index in [1.165, 1.54) is 12.1 Å². The van der Waals surface area contributed by atoms with Crippen LogP contribution in [-0.4, -0.2) is 17.2 Å². The molecule has 0 spiro atoms. The standard InChI is InChI=1S/C8H7N3O4/c9-8(13)7-5(10-4-12)2-1-3-6(7)11(14)15/h1-4H,(H2,9,13)(H,10,12). The van der Waals surface area contributed by atoms with Crippen LogP contribution in [0.15, 0.2) is 18.2 Å². The summed E-state index contributed by atoms with van der Waals surface area (Å²) in [7, 11) is 0. The third kappa shape index (κ3) is 2.08. The smallest absolute Gasteiger partial charge is 0.284 e. The van der Waals surface area contributed by atoms with Crippen LogP contribution in [0.2, 0.25) is 0 Å². The van der Waals surface area contributed by atoms with E-state index < -0.39 is 16.5 Å². The number of hydrogen-bond acceptors (Lipinski definition) is 4. The Morgan fingerprint density at radius 2 is 2.20 bits per heavy atom. The average molecular weight is 209 g/mol. The Hall–Kier alpha value is -2.44. The third-order valence-electron chi connectivity index (χ3n) is 1.70. The van der Waals surface area contributed by atoms with Crippen LogP contribution in [0.1, 0.15) is 10.4 Å². The fourth-order valence-electron chi connectivity index (χ4n) is 1.13. The lowest BCUT2D eigenvalue weighted by atomic mass is 10.1. The molecule has 0 saturated heterocycles. The van der Waals surface area contributed by atoms with Gasteiger partial charge in [-0.3, -0.25) is 19.7 Å². The first-order valence-corrected chi connectivity index (χ1v) is 3.85. The Labute approximate surface area is 84.0 Å². The van der Waals surface area contributed by atoms with E-state index in [-0.39, 0.29) is 11.3 Å². The molecule has 15 heavy (non-hydrogen) atoms. The molecule has 0 unspecified atom stereocenters. The summed E-state index contributed by atoms with van der Waals surface area (Å²) in [5.41, 5.74) is 4.26. The van der Waals surface area contributed by atoms with Crippen molar-refractivity contribution in [3.05, 3.63) is 33.9 Å². The van der Waals surface area contributed by atoms with Crippen molar-refractivity contribution in [3.8, 4) is 0 Å². The molecule has 0 saturated carbocycles. The van der Waals surface area contributed by atoms with Gasteiger partial charge in [-0.25, -0.2) is 0 Å². The van der Waals surface area contributed by atoms with Gasteiger partial charge >= 0.3 is 0 Å². The fourth-order valence-corrected chi connectivity index (χ4v) is 1.13. The average Bonchev–Trinajstić information content (AvgIpc) is 2.17. The molecule has 78 valence electrons. The summed E-state index contributed by atoms with van der Waals surface area (Å²) in [6.45, 7) is 0. The van der Waals surface area contributed by atoms with E-state index in [1.54, 1.807) is 0 Å². The van der Waals surface area contributed by atoms with Gasteiger partial charge in [0.2, 0.25) is 6.41 Å². The van der Waals surface area contributed by atoms with E-state index in [2.05, 4.69) is 5.32 Å². The van der Waals surface area contributed by atoms with Crippen LogP contribution in [0.25, 0.3) is 0 Å². The summed E-state index contributed by atoms with van der Waals surface area (Å²) in [5.74, 6) is -0.966. The number of rotatable bonds is 4. The Kier molecular flexibility index (Phi) is 2.97. The van der Waals surface area contributed by atoms with E-state index >= 15 is 0 Å². The van der Waals surface area contributed by atoms with Crippen LogP contribution < -0.4 is 11.1 Å². The number of hydrogen-bond donors (Lipinski definition) is 2. The van der Waals surface area contributed by atoms with Crippen molar-refractivity contribution >= 4 is 23.7 Å². The first kappa shape index (κ1) is 10.6. The second kappa shape index (κ2) is 4.18. The maximum atomic E-state index is 11.0. The van der Waals surface area contributed by atoms with Gasteiger partial charge in [0.05, 0.1) is 10.6 Å². The molecule has 1 rings (SSSR count). The minimum absolute atomic E-state index is 0.0201. The van der Waals surface area contributed by atoms with Crippen molar-refractivity contribution in [1.29, 1.82) is 0 Å². The summed E-state index contributed by atoms with van der Waals surface area (Å²) < 4.78 is 0. The molecule has 0 heterocycles. The molecule has 0 aromatic heterocycles. The number of primary amides is 1. The van der Waals surface area contributed by atoms with Crippen LogP contribution in [0.5, 0.6) is 0 Å². The number of carbonyl (C=O) groups excluding carboxylic acids is 2. The molecular formula is C8H7N3O4. The Morgan fingerprint density at radius 1 is 1.53 bits per heavy atom.